The van der Waals surface area contributed by atoms with Gasteiger partial charge in [-0.05, 0) is 65.8 Å². The third-order valence-electron chi connectivity index (χ3n) is 10.2. The van der Waals surface area contributed by atoms with E-state index in [9.17, 15) is 0 Å². The first-order chi connectivity index (χ1) is 21.8. The molecule has 2 N–H and O–H groups in total. The highest BCUT2D eigenvalue weighted by Crippen LogP contribution is 2.47. The first-order valence-corrected chi connectivity index (χ1v) is 24.2. The highest BCUT2D eigenvalue weighted by Gasteiger charge is 2.54. The number of halogens is 1. The van der Waals surface area contributed by atoms with Gasteiger partial charge >= 0.3 is 0 Å². The summed E-state index contributed by atoms with van der Waals surface area (Å²) < 4.78 is 30.7. The maximum atomic E-state index is 7.35. The van der Waals surface area contributed by atoms with Crippen LogP contribution in [0, 0.1) is 10.5 Å². The largest absolute Gasteiger partial charge is 0.408 e. The molecule has 0 amide bonds. The number of hydrogen-bond acceptors (Lipinski definition) is 9. The summed E-state index contributed by atoms with van der Waals surface area (Å²) >= 11 is 4.12. The smallest absolute Gasteiger partial charge is 0.192 e. The van der Waals surface area contributed by atoms with Gasteiger partial charge in [0.1, 0.15) is 30.0 Å². The lowest BCUT2D eigenvalue weighted by Crippen LogP contribution is -2.53. The van der Waals surface area contributed by atoms with Gasteiger partial charge in [0, 0.05) is 32.4 Å². The zero-order valence-corrected chi connectivity index (χ0v) is 34.5. The van der Waals surface area contributed by atoms with Crippen molar-refractivity contribution in [1.29, 1.82) is 0 Å². The van der Waals surface area contributed by atoms with Gasteiger partial charge in [0.05, 0.1) is 17.2 Å². The molecule has 4 heterocycles. The second kappa shape index (κ2) is 13.5. The van der Waals surface area contributed by atoms with Crippen LogP contribution in [0.15, 0.2) is 47.4 Å². The lowest BCUT2D eigenvalue weighted by Gasteiger charge is -2.44. The van der Waals surface area contributed by atoms with Crippen LogP contribution in [0.1, 0.15) is 59.0 Å². The number of nitrogens with zero attached hydrogens (tertiary/aromatic N) is 4. The Balaban J connectivity index is 1.54. The fourth-order valence-electron chi connectivity index (χ4n) is 5.28. The van der Waals surface area contributed by atoms with Crippen molar-refractivity contribution in [3.8, 4) is 11.3 Å². The van der Waals surface area contributed by atoms with E-state index in [0.717, 1.165) is 42.9 Å². The molecule has 4 atom stereocenters. The Kier molecular flexibility index (Phi) is 10.5. The summed E-state index contributed by atoms with van der Waals surface area (Å²) in [6, 6.07) is 10.2. The SMILES string of the molecule is Cc1noc(-c2ccccc2)c1CSC[C@H]1O[C@@H](n2cc(I)c3c(N)ncnc32)[C@H](O[Si](C)(C)C(C)(C)C)[C@@H]1O[Si](C)(C)C(C)(C)C. The molecule has 5 rings (SSSR count). The average molecular weight is 808 g/mol. The standard InChI is InChI=1S/C34H50IN5O4SSi2/c1-21-23(27(42-39-21)22-15-13-12-14-16-22)18-45-19-25-28(43-46(8,9)33(2,3)4)29(44-47(10,11)34(5,6)7)32(41-25)40-17-24(35)26-30(36)37-20-38-31(26)40/h12-17,20,25,28-29,32H,18-19H2,1-11H3,(H2,36,37,38)/t25-,28-,29-,32-/m1/s1. The van der Waals surface area contributed by atoms with E-state index in [1.165, 1.54) is 6.33 Å². The molecular weight excluding hydrogens is 758 g/mol. The van der Waals surface area contributed by atoms with E-state index >= 15 is 0 Å². The lowest BCUT2D eigenvalue weighted by molar-refractivity contribution is -0.0244. The van der Waals surface area contributed by atoms with Crippen LogP contribution in [0.3, 0.4) is 0 Å². The van der Waals surface area contributed by atoms with E-state index in [1.807, 2.05) is 36.9 Å². The first kappa shape index (κ1) is 36.5. The lowest BCUT2D eigenvalue weighted by atomic mass is 10.1. The number of hydrogen-bond donors (Lipinski definition) is 1. The Bertz CT molecular complexity index is 1700. The summed E-state index contributed by atoms with van der Waals surface area (Å²) in [5, 5.41) is 5.15. The summed E-state index contributed by atoms with van der Waals surface area (Å²) in [6.45, 7) is 24.9. The van der Waals surface area contributed by atoms with E-state index < -0.39 is 22.9 Å². The molecule has 0 spiro atoms. The van der Waals surface area contributed by atoms with Crippen molar-refractivity contribution in [2.24, 2.45) is 0 Å². The van der Waals surface area contributed by atoms with Gasteiger partial charge in [-0.15, -0.1) is 0 Å². The van der Waals surface area contributed by atoms with Gasteiger partial charge in [-0.1, -0.05) is 77.0 Å². The molecule has 1 aliphatic heterocycles. The Morgan fingerprint density at radius 3 is 2.19 bits per heavy atom. The van der Waals surface area contributed by atoms with E-state index in [2.05, 4.69) is 128 Å². The van der Waals surface area contributed by atoms with E-state index in [1.54, 1.807) is 0 Å². The zero-order chi connectivity index (χ0) is 34.5. The van der Waals surface area contributed by atoms with Gasteiger partial charge in [0.25, 0.3) is 0 Å². The van der Waals surface area contributed by atoms with Crippen molar-refractivity contribution in [2.45, 2.75) is 115 Å². The molecule has 0 bridgehead atoms. The fourth-order valence-corrected chi connectivity index (χ4v) is 9.86. The van der Waals surface area contributed by atoms with Crippen molar-refractivity contribution in [3.63, 3.8) is 0 Å². The van der Waals surface area contributed by atoms with Crippen LogP contribution in [-0.2, 0) is 19.3 Å². The van der Waals surface area contributed by atoms with Crippen LogP contribution >= 0.6 is 34.4 Å². The Morgan fingerprint density at radius 2 is 1.57 bits per heavy atom. The van der Waals surface area contributed by atoms with Gasteiger partial charge < -0.3 is 28.4 Å². The van der Waals surface area contributed by atoms with Crippen LogP contribution in [0.2, 0.25) is 36.3 Å². The van der Waals surface area contributed by atoms with Gasteiger partial charge in [0.2, 0.25) is 0 Å². The normalized spacial score (nSPS) is 21.2. The minimum absolute atomic E-state index is 0.00562. The quantitative estimate of drug-likeness (QED) is 0.124. The van der Waals surface area contributed by atoms with Crippen LogP contribution in [0.4, 0.5) is 5.82 Å². The molecule has 13 heteroatoms. The molecule has 0 aliphatic carbocycles. The van der Waals surface area contributed by atoms with Gasteiger partial charge in [-0.3, -0.25) is 0 Å². The monoisotopic (exact) mass is 807 g/mol. The van der Waals surface area contributed by atoms with Crippen molar-refractivity contribution in [2.75, 3.05) is 11.5 Å². The second-order valence-electron chi connectivity index (χ2n) is 15.5. The van der Waals surface area contributed by atoms with Crippen molar-refractivity contribution in [3.05, 3.63) is 57.7 Å². The van der Waals surface area contributed by atoms with E-state index in [4.69, 9.17) is 23.8 Å². The minimum Gasteiger partial charge on any atom is -0.408 e. The third-order valence-corrected chi connectivity index (χ3v) is 21.0. The van der Waals surface area contributed by atoms with Crippen LogP contribution in [0.5, 0.6) is 0 Å². The maximum Gasteiger partial charge on any atom is 0.192 e. The number of aromatic nitrogens is 4. The molecule has 1 aliphatic rings. The Morgan fingerprint density at radius 1 is 0.957 bits per heavy atom. The number of thioether (sulfide) groups is 1. The van der Waals surface area contributed by atoms with E-state index in [-0.39, 0.29) is 28.4 Å². The maximum absolute atomic E-state index is 7.35. The molecule has 1 saturated heterocycles. The Hall–Kier alpha value is -1.76. The predicted octanol–water partition coefficient (Wildman–Crippen LogP) is 9.19. The first-order valence-electron chi connectivity index (χ1n) is 16.2. The number of aryl methyl sites for hydroxylation is 1. The second-order valence-corrected chi connectivity index (χ2v) is 27.3. The zero-order valence-electron chi connectivity index (χ0n) is 29.6. The molecule has 1 fully saturated rings. The van der Waals surface area contributed by atoms with Gasteiger partial charge in [-0.25, -0.2) is 9.97 Å². The molecule has 9 nitrogen and oxygen atoms in total. The van der Waals surface area contributed by atoms with Crippen LogP contribution < -0.4 is 5.73 Å². The molecule has 256 valence electrons. The average Bonchev–Trinajstić information content (AvgIpc) is 3.61. The van der Waals surface area contributed by atoms with Crippen molar-refractivity contribution in [1.82, 2.24) is 19.7 Å². The summed E-state index contributed by atoms with van der Waals surface area (Å²) in [4.78, 5) is 8.96. The number of anilines is 1. The summed E-state index contributed by atoms with van der Waals surface area (Å²) in [5.74, 6) is 2.72. The fraction of sp³-hybridized carbons (Fsp3) is 0.559. The highest BCUT2D eigenvalue weighted by atomic mass is 127. The van der Waals surface area contributed by atoms with Crippen LogP contribution in [-0.4, -0.2) is 60.4 Å². The Labute approximate surface area is 299 Å². The van der Waals surface area contributed by atoms with Gasteiger partial charge in [-0.2, -0.15) is 11.8 Å². The topological polar surface area (TPSA) is 110 Å². The highest BCUT2D eigenvalue weighted by molar-refractivity contribution is 14.1. The molecule has 1 aromatic carbocycles. The number of rotatable bonds is 10. The molecular formula is C34H50IN5O4SSi2. The van der Waals surface area contributed by atoms with Crippen molar-refractivity contribution >= 4 is 67.8 Å². The molecule has 0 unspecified atom stereocenters. The number of nitrogen functional groups attached to an aromatic ring is 1. The number of fused-ring (bicyclic) bond motifs is 1. The number of ether oxygens (including phenoxy) is 1. The molecule has 0 radical (unpaired) electrons. The minimum atomic E-state index is -2.28. The summed E-state index contributed by atoms with van der Waals surface area (Å²) in [5.41, 5.74) is 10.1. The van der Waals surface area contributed by atoms with Crippen molar-refractivity contribution < 1.29 is 18.1 Å². The number of nitrogens with two attached hydrogens (primary N) is 1. The van der Waals surface area contributed by atoms with Gasteiger partial charge in [0.15, 0.2) is 28.6 Å². The number of benzene rings is 1. The third kappa shape index (κ3) is 7.41. The summed E-state index contributed by atoms with van der Waals surface area (Å²) in [6.07, 6.45) is 2.26. The van der Waals surface area contributed by atoms with E-state index in [0.29, 0.717) is 11.6 Å². The molecule has 4 aromatic rings. The summed E-state index contributed by atoms with van der Waals surface area (Å²) in [7, 11) is -4.53. The predicted molar refractivity (Wildman–Crippen MR) is 206 cm³/mol. The van der Waals surface area contributed by atoms with Crippen LogP contribution in [0.25, 0.3) is 22.4 Å². The molecule has 3 aromatic heterocycles. The molecule has 47 heavy (non-hydrogen) atoms. The molecule has 0 saturated carbocycles.